The number of anilines is 1. The molecule has 2 heterocycles. The van der Waals surface area contributed by atoms with E-state index in [1.165, 1.54) is 11.8 Å². The largest absolute Gasteiger partial charge is 0.383 e. The summed E-state index contributed by atoms with van der Waals surface area (Å²) < 4.78 is 1.57. The van der Waals surface area contributed by atoms with Gasteiger partial charge < -0.3 is 5.73 Å². The summed E-state index contributed by atoms with van der Waals surface area (Å²) in [7, 11) is 0. The fourth-order valence-corrected chi connectivity index (χ4v) is 2.88. The maximum atomic E-state index is 11.6. The normalized spacial score (nSPS) is 14.7. The van der Waals surface area contributed by atoms with Gasteiger partial charge in [-0.3, -0.25) is 4.57 Å². The van der Waals surface area contributed by atoms with Crippen molar-refractivity contribution in [1.29, 1.82) is 0 Å². The first-order chi connectivity index (χ1) is 9.60. The van der Waals surface area contributed by atoms with E-state index >= 15 is 0 Å². The summed E-state index contributed by atoms with van der Waals surface area (Å²) in [5.41, 5.74) is 6.58. The van der Waals surface area contributed by atoms with Crippen LogP contribution in [0.5, 0.6) is 0 Å². The van der Waals surface area contributed by atoms with E-state index in [-0.39, 0.29) is 5.69 Å². The molecule has 0 aromatic carbocycles. The van der Waals surface area contributed by atoms with Gasteiger partial charge >= 0.3 is 5.69 Å². The van der Waals surface area contributed by atoms with Crippen LogP contribution in [0.4, 0.5) is 5.82 Å². The first-order valence-electron chi connectivity index (χ1n) is 6.57. The summed E-state index contributed by atoms with van der Waals surface area (Å²) in [5, 5.41) is 7.85. The molecule has 3 N–H and O–H groups in total. The zero-order chi connectivity index (χ0) is 14.3. The van der Waals surface area contributed by atoms with Crippen LogP contribution in [0.15, 0.2) is 15.0 Å². The van der Waals surface area contributed by atoms with Crippen LogP contribution >= 0.6 is 11.8 Å². The maximum Gasteiger partial charge on any atom is 0.343 e. The SMILES string of the molecule is CCn1c(Sc2nc(C3CC3)nc(N)c2C)n[nH]c1=O. The molecule has 0 radical (unpaired) electrons. The van der Waals surface area contributed by atoms with Gasteiger partial charge in [-0.05, 0) is 38.5 Å². The molecule has 8 heteroatoms. The highest BCUT2D eigenvalue weighted by Crippen LogP contribution is 2.40. The molecule has 0 bridgehead atoms. The van der Waals surface area contributed by atoms with Crippen LogP contribution in [-0.4, -0.2) is 24.7 Å². The molecular weight excluding hydrogens is 276 g/mol. The van der Waals surface area contributed by atoms with Gasteiger partial charge in [0.05, 0.1) is 0 Å². The molecule has 1 aliphatic carbocycles. The maximum absolute atomic E-state index is 11.6. The number of hydrogen-bond donors (Lipinski definition) is 2. The fourth-order valence-electron chi connectivity index (χ4n) is 1.90. The summed E-state index contributed by atoms with van der Waals surface area (Å²) in [6.45, 7) is 4.35. The second kappa shape index (κ2) is 4.93. The van der Waals surface area contributed by atoms with E-state index in [9.17, 15) is 4.79 Å². The third-order valence-electron chi connectivity index (χ3n) is 3.33. The fraction of sp³-hybridized carbons (Fsp3) is 0.500. The van der Waals surface area contributed by atoms with Crippen LogP contribution in [0.25, 0.3) is 0 Å². The molecular formula is C12H16N6OS. The minimum atomic E-state index is -0.211. The van der Waals surface area contributed by atoms with Crippen molar-refractivity contribution in [2.75, 3.05) is 5.73 Å². The predicted octanol–water partition coefficient (Wildman–Crippen LogP) is 1.30. The molecule has 0 atom stereocenters. The summed E-state index contributed by atoms with van der Waals surface area (Å²) in [5.74, 6) is 1.74. The zero-order valence-electron chi connectivity index (χ0n) is 11.4. The topological polar surface area (TPSA) is 102 Å². The van der Waals surface area contributed by atoms with Gasteiger partial charge in [0.25, 0.3) is 0 Å². The number of hydrogen-bond acceptors (Lipinski definition) is 6. The Morgan fingerprint density at radius 3 is 2.85 bits per heavy atom. The van der Waals surface area contributed by atoms with Crippen LogP contribution in [0, 0.1) is 6.92 Å². The van der Waals surface area contributed by atoms with Gasteiger partial charge in [-0.15, -0.1) is 5.10 Å². The Bertz CT molecular complexity index is 702. The third-order valence-corrected chi connectivity index (χ3v) is 4.41. The van der Waals surface area contributed by atoms with Crippen molar-refractivity contribution in [3.8, 4) is 0 Å². The van der Waals surface area contributed by atoms with E-state index in [1.807, 2.05) is 13.8 Å². The predicted molar refractivity (Wildman–Crippen MR) is 75.8 cm³/mol. The Labute approximate surface area is 120 Å². The minimum Gasteiger partial charge on any atom is -0.383 e. The molecule has 20 heavy (non-hydrogen) atoms. The summed E-state index contributed by atoms with van der Waals surface area (Å²) >= 11 is 1.35. The molecule has 7 nitrogen and oxygen atoms in total. The first-order valence-corrected chi connectivity index (χ1v) is 7.38. The summed E-state index contributed by atoms with van der Waals surface area (Å²) in [6, 6.07) is 0. The van der Waals surface area contributed by atoms with Gasteiger partial charge in [-0.25, -0.2) is 19.9 Å². The Kier molecular flexibility index (Phi) is 3.25. The van der Waals surface area contributed by atoms with Crippen molar-refractivity contribution in [3.05, 3.63) is 21.9 Å². The third kappa shape index (κ3) is 2.31. The van der Waals surface area contributed by atoms with Gasteiger partial charge in [0, 0.05) is 18.0 Å². The van der Waals surface area contributed by atoms with Crippen molar-refractivity contribution < 1.29 is 0 Å². The van der Waals surface area contributed by atoms with E-state index in [0.717, 1.165) is 29.3 Å². The lowest BCUT2D eigenvalue weighted by Crippen LogP contribution is -2.16. The van der Waals surface area contributed by atoms with E-state index in [4.69, 9.17) is 5.73 Å². The molecule has 0 amide bonds. The first kappa shape index (κ1) is 13.2. The van der Waals surface area contributed by atoms with Gasteiger partial charge in [-0.1, -0.05) is 0 Å². The molecule has 0 saturated heterocycles. The van der Waals surface area contributed by atoms with Gasteiger partial charge in [0.15, 0.2) is 5.16 Å². The van der Waals surface area contributed by atoms with Crippen molar-refractivity contribution >= 4 is 17.6 Å². The molecule has 2 aromatic heterocycles. The quantitative estimate of drug-likeness (QED) is 0.823. The van der Waals surface area contributed by atoms with E-state index in [1.54, 1.807) is 4.57 Å². The Balaban J connectivity index is 1.99. The van der Waals surface area contributed by atoms with Gasteiger partial charge in [0.2, 0.25) is 0 Å². The molecule has 0 aliphatic heterocycles. The Morgan fingerprint density at radius 1 is 1.45 bits per heavy atom. The molecule has 0 spiro atoms. The van der Waals surface area contributed by atoms with Crippen molar-refractivity contribution in [3.63, 3.8) is 0 Å². The van der Waals surface area contributed by atoms with E-state index in [0.29, 0.717) is 23.4 Å². The van der Waals surface area contributed by atoms with Gasteiger partial charge in [0.1, 0.15) is 16.7 Å². The lowest BCUT2D eigenvalue weighted by molar-refractivity contribution is 0.659. The minimum absolute atomic E-state index is 0.211. The van der Waals surface area contributed by atoms with Crippen molar-refractivity contribution in [1.82, 2.24) is 24.7 Å². The highest BCUT2D eigenvalue weighted by atomic mass is 32.2. The summed E-state index contributed by atoms with van der Waals surface area (Å²) in [6.07, 6.45) is 2.24. The van der Waals surface area contributed by atoms with E-state index in [2.05, 4.69) is 20.2 Å². The lowest BCUT2D eigenvalue weighted by atomic mass is 10.3. The van der Waals surface area contributed by atoms with Crippen LogP contribution in [0.3, 0.4) is 0 Å². The zero-order valence-corrected chi connectivity index (χ0v) is 12.2. The number of aromatic nitrogens is 5. The molecule has 1 aliphatic rings. The van der Waals surface area contributed by atoms with Crippen molar-refractivity contribution in [2.24, 2.45) is 0 Å². The van der Waals surface area contributed by atoms with E-state index < -0.39 is 0 Å². The standard InChI is InChI=1S/C12H16N6OS/c1-3-18-11(19)16-17-12(18)20-10-6(2)8(13)14-9(15-10)7-4-5-7/h7H,3-5H2,1-2H3,(H,16,19)(H2,13,14,15). The second-order valence-corrected chi connectivity index (χ2v) is 5.79. The highest BCUT2D eigenvalue weighted by molar-refractivity contribution is 7.99. The number of H-pyrrole nitrogens is 1. The van der Waals surface area contributed by atoms with Crippen LogP contribution < -0.4 is 11.4 Å². The second-order valence-electron chi connectivity index (χ2n) is 4.83. The Hall–Kier alpha value is -1.83. The number of nitrogen functional groups attached to an aromatic ring is 1. The smallest absolute Gasteiger partial charge is 0.343 e. The lowest BCUT2D eigenvalue weighted by Gasteiger charge is -2.09. The van der Waals surface area contributed by atoms with Crippen LogP contribution in [0.1, 0.15) is 37.1 Å². The number of rotatable bonds is 4. The van der Waals surface area contributed by atoms with Crippen LogP contribution in [-0.2, 0) is 6.54 Å². The van der Waals surface area contributed by atoms with Crippen molar-refractivity contribution in [2.45, 2.75) is 49.3 Å². The molecule has 106 valence electrons. The average molecular weight is 292 g/mol. The average Bonchev–Trinajstić information content (AvgIpc) is 3.20. The van der Waals surface area contributed by atoms with Crippen LogP contribution in [0.2, 0.25) is 0 Å². The number of nitrogens with one attached hydrogen (secondary N) is 1. The molecule has 2 aromatic rings. The Morgan fingerprint density at radius 2 is 2.20 bits per heavy atom. The molecule has 0 unspecified atom stereocenters. The number of nitrogens with two attached hydrogens (primary N) is 1. The summed E-state index contributed by atoms with van der Waals surface area (Å²) in [4.78, 5) is 20.5. The monoisotopic (exact) mass is 292 g/mol. The van der Waals surface area contributed by atoms with Gasteiger partial charge in [-0.2, -0.15) is 0 Å². The molecule has 1 saturated carbocycles. The molecule has 1 fully saturated rings. The molecule has 3 rings (SSSR count). The number of nitrogens with zero attached hydrogens (tertiary/aromatic N) is 4. The number of aromatic amines is 1. The highest BCUT2D eigenvalue weighted by Gasteiger charge is 2.28.